The molecule has 25 heavy (non-hydrogen) atoms. The summed E-state index contributed by atoms with van der Waals surface area (Å²) in [6, 6.07) is 8.12. The summed E-state index contributed by atoms with van der Waals surface area (Å²) in [6.45, 7) is 1.82. The highest BCUT2D eigenvalue weighted by atomic mass is 16.5. The summed E-state index contributed by atoms with van der Waals surface area (Å²) in [4.78, 5) is 2.42. The predicted octanol–water partition coefficient (Wildman–Crippen LogP) is 3.24. The van der Waals surface area contributed by atoms with Crippen molar-refractivity contribution in [2.75, 3.05) is 27.7 Å². The van der Waals surface area contributed by atoms with Gasteiger partial charge < -0.3 is 15.0 Å². The Balaban J connectivity index is 1.73. The minimum absolute atomic E-state index is 0.281. The van der Waals surface area contributed by atoms with Gasteiger partial charge in [-0.2, -0.15) is 5.10 Å². The Kier molecular flexibility index (Phi) is 5.76. The molecule has 1 aliphatic rings. The molecule has 0 bridgehead atoms. The molecule has 1 aliphatic carbocycles. The van der Waals surface area contributed by atoms with Crippen LogP contribution in [0.4, 0.5) is 0 Å². The van der Waals surface area contributed by atoms with E-state index in [4.69, 9.17) is 4.74 Å². The van der Waals surface area contributed by atoms with Gasteiger partial charge >= 0.3 is 0 Å². The Bertz CT molecular complexity index is 660. The monoisotopic (exact) mass is 342 g/mol. The van der Waals surface area contributed by atoms with E-state index in [1.54, 1.807) is 7.11 Å². The average Bonchev–Trinajstić information content (AvgIpc) is 3.16. The first-order chi connectivity index (χ1) is 12.1. The van der Waals surface area contributed by atoms with Crippen molar-refractivity contribution in [3.05, 3.63) is 42.2 Å². The van der Waals surface area contributed by atoms with Gasteiger partial charge in [0.15, 0.2) is 0 Å². The second-order valence-corrected chi connectivity index (χ2v) is 7.23. The fourth-order valence-corrected chi connectivity index (χ4v) is 3.89. The Labute approximate surface area is 151 Å². The molecule has 0 amide bonds. The van der Waals surface area contributed by atoms with Gasteiger partial charge in [-0.15, -0.1) is 0 Å². The van der Waals surface area contributed by atoms with Gasteiger partial charge in [-0.25, -0.2) is 4.68 Å². The zero-order valence-corrected chi connectivity index (χ0v) is 15.7. The maximum absolute atomic E-state index is 5.42. The van der Waals surface area contributed by atoms with Crippen LogP contribution in [-0.2, 0) is 6.54 Å². The van der Waals surface area contributed by atoms with Gasteiger partial charge in [-0.05, 0) is 56.8 Å². The normalized spacial score (nSPS) is 17.0. The van der Waals surface area contributed by atoms with Crippen molar-refractivity contribution >= 4 is 0 Å². The number of hydrogen-bond donors (Lipinski definition) is 1. The van der Waals surface area contributed by atoms with E-state index in [9.17, 15) is 0 Å². The molecular formula is C20H30N4O. The molecular weight excluding hydrogens is 312 g/mol. The highest BCUT2D eigenvalue weighted by molar-refractivity contribution is 5.45. The summed E-state index contributed by atoms with van der Waals surface area (Å²) >= 11 is 0. The van der Waals surface area contributed by atoms with E-state index in [-0.39, 0.29) is 5.54 Å². The first-order valence-corrected chi connectivity index (χ1v) is 9.20. The van der Waals surface area contributed by atoms with Crippen LogP contribution in [0.5, 0.6) is 5.75 Å². The number of nitrogens with one attached hydrogen (secondary N) is 1. The maximum Gasteiger partial charge on any atom is 0.119 e. The fourth-order valence-electron chi connectivity index (χ4n) is 3.89. The second-order valence-electron chi connectivity index (χ2n) is 7.23. The molecule has 0 unspecified atom stereocenters. The first kappa shape index (κ1) is 18.0. The van der Waals surface area contributed by atoms with E-state index in [0.29, 0.717) is 0 Å². The van der Waals surface area contributed by atoms with Gasteiger partial charge in [-0.3, -0.25) is 0 Å². The molecule has 3 rings (SSSR count). The number of hydrogen-bond acceptors (Lipinski definition) is 4. The lowest BCUT2D eigenvalue weighted by molar-refractivity contribution is 0.0984. The standard InChI is InChI=1S/C20H30N4O/c1-23(2)20(10-5-4-6-11-20)16-21-15-17-14-18(25-3)8-9-19(17)24-13-7-12-22-24/h7-9,12-14,21H,4-6,10-11,15-16H2,1-3H3. The summed E-state index contributed by atoms with van der Waals surface area (Å²) in [5.41, 5.74) is 2.58. The highest BCUT2D eigenvalue weighted by Gasteiger charge is 2.33. The molecule has 1 aromatic heterocycles. The molecule has 2 aromatic rings. The van der Waals surface area contributed by atoms with Gasteiger partial charge in [-0.1, -0.05) is 19.3 Å². The van der Waals surface area contributed by atoms with Gasteiger partial charge in [0.05, 0.1) is 12.8 Å². The van der Waals surface area contributed by atoms with E-state index < -0.39 is 0 Å². The molecule has 0 aliphatic heterocycles. The Hall–Kier alpha value is -1.85. The lowest BCUT2D eigenvalue weighted by Gasteiger charge is -2.43. The second kappa shape index (κ2) is 8.02. The largest absolute Gasteiger partial charge is 0.497 e. The number of nitrogens with zero attached hydrogens (tertiary/aromatic N) is 3. The summed E-state index contributed by atoms with van der Waals surface area (Å²) in [7, 11) is 6.14. The minimum atomic E-state index is 0.281. The first-order valence-electron chi connectivity index (χ1n) is 9.20. The molecule has 0 saturated heterocycles. The molecule has 1 fully saturated rings. The summed E-state index contributed by atoms with van der Waals surface area (Å²) in [6.07, 6.45) is 10.4. The molecule has 1 saturated carbocycles. The van der Waals surface area contributed by atoms with Crippen molar-refractivity contribution in [3.8, 4) is 11.4 Å². The summed E-state index contributed by atoms with van der Waals surface area (Å²) in [5, 5.41) is 8.09. The van der Waals surface area contributed by atoms with E-state index >= 15 is 0 Å². The van der Waals surface area contributed by atoms with Crippen LogP contribution in [0.2, 0.25) is 0 Å². The van der Waals surface area contributed by atoms with E-state index in [2.05, 4.69) is 41.5 Å². The lowest BCUT2D eigenvalue weighted by Crippen LogP contribution is -2.52. The van der Waals surface area contributed by atoms with Crippen molar-refractivity contribution in [3.63, 3.8) is 0 Å². The van der Waals surface area contributed by atoms with Crippen LogP contribution in [0.15, 0.2) is 36.7 Å². The summed E-state index contributed by atoms with van der Waals surface area (Å²) in [5.74, 6) is 0.882. The zero-order chi connectivity index (χ0) is 17.7. The maximum atomic E-state index is 5.42. The van der Waals surface area contributed by atoms with Crippen LogP contribution < -0.4 is 10.1 Å². The molecule has 5 heteroatoms. The third-order valence-corrected chi connectivity index (χ3v) is 5.54. The molecule has 5 nitrogen and oxygen atoms in total. The topological polar surface area (TPSA) is 42.3 Å². The third-order valence-electron chi connectivity index (χ3n) is 5.54. The average molecular weight is 342 g/mol. The number of ether oxygens (including phenoxy) is 1. The number of methoxy groups -OCH3 is 1. The smallest absolute Gasteiger partial charge is 0.119 e. The van der Waals surface area contributed by atoms with E-state index in [0.717, 1.165) is 24.5 Å². The number of likely N-dealkylation sites (N-methyl/N-ethyl adjacent to an activating group) is 1. The van der Waals surface area contributed by atoms with Gasteiger partial charge in [0.25, 0.3) is 0 Å². The van der Waals surface area contributed by atoms with Crippen LogP contribution >= 0.6 is 0 Å². The van der Waals surface area contributed by atoms with Gasteiger partial charge in [0.1, 0.15) is 5.75 Å². The van der Waals surface area contributed by atoms with Crippen LogP contribution in [-0.4, -0.2) is 48.0 Å². The Morgan fingerprint density at radius 2 is 2.04 bits per heavy atom. The number of aromatic nitrogens is 2. The Morgan fingerprint density at radius 1 is 1.24 bits per heavy atom. The van der Waals surface area contributed by atoms with Crippen molar-refractivity contribution in [2.24, 2.45) is 0 Å². The molecule has 0 atom stereocenters. The van der Waals surface area contributed by atoms with Crippen LogP contribution in [0.1, 0.15) is 37.7 Å². The van der Waals surface area contributed by atoms with Crippen LogP contribution in [0.25, 0.3) is 5.69 Å². The highest BCUT2D eigenvalue weighted by Crippen LogP contribution is 2.31. The molecule has 136 valence electrons. The van der Waals surface area contributed by atoms with Gasteiger partial charge in [0.2, 0.25) is 0 Å². The van der Waals surface area contributed by atoms with Crippen molar-refractivity contribution in [2.45, 2.75) is 44.2 Å². The van der Waals surface area contributed by atoms with Crippen molar-refractivity contribution < 1.29 is 4.74 Å². The molecule has 1 heterocycles. The van der Waals surface area contributed by atoms with E-state index in [1.807, 2.05) is 29.2 Å². The molecule has 0 spiro atoms. The lowest BCUT2D eigenvalue weighted by atomic mass is 9.80. The summed E-state index contributed by atoms with van der Waals surface area (Å²) < 4.78 is 7.33. The van der Waals surface area contributed by atoms with Gasteiger partial charge in [0, 0.05) is 31.0 Å². The Morgan fingerprint density at radius 3 is 2.68 bits per heavy atom. The molecule has 1 aromatic carbocycles. The van der Waals surface area contributed by atoms with Crippen LogP contribution in [0, 0.1) is 0 Å². The fraction of sp³-hybridized carbons (Fsp3) is 0.550. The van der Waals surface area contributed by atoms with Crippen molar-refractivity contribution in [1.82, 2.24) is 20.0 Å². The number of rotatable bonds is 7. The number of benzene rings is 1. The van der Waals surface area contributed by atoms with Crippen molar-refractivity contribution in [1.29, 1.82) is 0 Å². The molecule has 0 radical (unpaired) electrons. The third kappa shape index (κ3) is 4.05. The zero-order valence-electron chi connectivity index (χ0n) is 15.7. The van der Waals surface area contributed by atoms with E-state index in [1.165, 1.54) is 37.7 Å². The minimum Gasteiger partial charge on any atom is -0.497 e. The predicted molar refractivity (Wildman–Crippen MR) is 101 cm³/mol. The molecule has 1 N–H and O–H groups in total. The van der Waals surface area contributed by atoms with Crippen LogP contribution in [0.3, 0.4) is 0 Å². The quantitative estimate of drug-likeness (QED) is 0.839. The SMILES string of the molecule is COc1ccc(-n2cccn2)c(CNCC2(N(C)C)CCCCC2)c1.